The van der Waals surface area contributed by atoms with Gasteiger partial charge in [0.15, 0.2) is 0 Å². The Hall–Kier alpha value is -2.95. The fourth-order valence-electron chi connectivity index (χ4n) is 3.23. The molecule has 2 atom stereocenters. The van der Waals surface area contributed by atoms with E-state index in [9.17, 15) is 9.90 Å². The van der Waals surface area contributed by atoms with Crippen molar-refractivity contribution in [1.29, 1.82) is 0 Å². The molecule has 4 N–H and O–H groups in total. The summed E-state index contributed by atoms with van der Waals surface area (Å²) >= 11 is 0. The maximum atomic E-state index is 12.5. The van der Waals surface area contributed by atoms with Crippen molar-refractivity contribution < 1.29 is 9.90 Å². The smallest absolute Gasteiger partial charge is 0.237 e. The summed E-state index contributed by atoms with van der Waals surface area (Å²) in [6.45, 7) is 1.63. The molecule has 3 aromatic carbocycles. The predicted octanol–water partition coefficient (Wildman–Crippen LogP) is 3.13. The first-order valence-electron chi connectivity index (χ1n) is 8.98. The third-order valence-electron chi connectivity index (χ3n) is 4.68. The van der Waals surface area contributed by atoms with Crippen molar-refractivity contribution in [2.75, 3.05) is 0 Å². The zero-order valence-corrected chi connectivity index (χ0v) is 15.2. The molecule has 1 amide bonds. The molecular formula is C23H24N2O2. The largest absolute Gasteiger partial charge is 0.378 e. The van der Waals surface area contributed by atoms with Crippen LogP contribution in [0.3, 0.4) is 0 Å². The molecule has 4 heteroatoms. The standard InChI is InChI=1S/C23H24N2O2/c1-17(24)22(26)25-21(18-11-5-2-6-12-18)23(27,19-13-7-3-8-14-19)20-15-9-4-10-16-20/h2-17,21,27H,24H2,1H3,(H,25,26)/t17-,21-/m0/s1. The summed E-state index contributed by atoms with van der Waals surface area (Å²) in [5, 5.41) is 15.0. The van der Waals surface area contributed by atoms with Crippen LogP contribution in [0.5, 0.6) is 0 Å². The quantitative estimate of drug-likeness (QED) is 0.632. The summed E-state index contributed by atoms with van der Waals surface area (Å²) in [4.78, 5) is 12.5. The molecule has 0 saturated carbocycles. The number of carbonyl (C=O) groups excluding carboxylic acids is 1. The highest BCUT2D eigenvalue weighted by atomic mass is 16.3. The zero-order valence-electron chi connectivity index (χ0n) is 15.2. The normalized spacial score (nSPS) is 13.6. The van der Waals surface area contributed by atoms with E-state index >= 15 is 0 Å². The van der Waals surface area contributed by atoms with Crippen molar-refractivity contribution in [3.05, 3.63) is 108 Å². The van der Waals surface area contributed by atoms with Gasteiger partial charge in [-0.2, -0.15) is 0 Å². The van der Waals surface area contributed by atoms with E-state index in [-0.39, 0.29) is 5.91 Å². The number of aliphatic hydroxyl groups is 1. The van der Waals surface area contributed by atoms with Crippen molar-refractivity contribution in [1.82, 2.24) is 5.32 Å². The topological polar surface area (TPSA) is 75.4 Å². The molecular weight excluding hydrogens is 336 g/mol. The van der Waals surface area contributed by atoms with Crippen LogP contribution in [0.25, 0.3) is 0 Å². The SMILES string of the molecule is C[C@H](N)C(=O)N[C@@H](c1ccccc1)C(O)(c1ccccc1)c1ccccc1. The number of nitrogens with two attached hydrogens (primary N) is 1. The van der Waals surface area contributed by atoms with Crippen molar-refractivity contribution >= 4 is 5.91 Å². The molecule has 3 aromatic rings. The van der Waals surface area contributed by atoms with E-state index in [1.807, 2.05) is 91.0 Å². The third-order valence-corrected chi connectivity index (χ3v) is 4.68. The van der Waals surface area contributed by atoms with Gasteiger partial charge in [-0.3, -0.25) is 4.79 Å². The fourth-order valence-corrected chi connectivity index (χ4v) is 3.23. The molecule has 138 valence electrons. The monoisotopic (exact) mass is 360 g/mol. The van der Waals surface area contributed by atoms with Gasteiger partial charge >= 0.3 is 0 Å². The second-order valence-electron chi connectivity index (χ2n) is 6.64. The predicted molar refractivity (Wildman–Crippen MR) is 107 cm³/mol. The van der Waals surface area contributed by atoms with E-state index in [0.717, 1.165) is 5.56 Å². The van der Waals surface area contributed by atoms with E-state index < -0.39 is 17.7 Å². The lowest BCUT2D eigenvalue weighted by atomic mass is 9.77. The summed E-state index contributed by atoms with van der Waals surface area (Å²) in [5.74, 6) is -0.325. The van der Waals surface area contributed by atoms with Gasteiger partial charge in [0.2, 0.25) is 5.91 Å². The van der Waals surface area contributed by atoms with Crippen LogP contribution in [0.4, 0.5) is 0 Å². The maximum absolute atomic E-state index is 12.5. The van der Waals surface area contributed by atoms with E-state index in [1.54, 1.807) is 6.92 Å². The Labute approximate surface area is 159 Å². The summed E-state index contributed by atoms with van der Waals surface area (Å²) in [6.07, 6.45) is 0. The molecule has 0 spiro atoms. The molecule has 4 nitrogen and oxygen atoms in total. The lowest BCUT2D eigenvalue weighted by Gasteiger charge is -2.38. The van der Waals surface area contributed by atoms with E-state index in [2.05, 4.69) is 5.32 Å². The molecule has 27 heavy (non-hydrogen) atoms. The number of nitrogens with one attached hydrogen (secondary N) is 1. The van der Waals surface area contributed by atoms with Gasteiger partial charge in [0.25, 0.3) is 0 Å². The molecule has 0 heterocycles. The van der Waals surface area contributed by atoms with Gasteiger partial charge in [0, 0.05) is 0 Å². The van der Waals surface area contributed by atoms with Crippen LogP contribution in [0.15, 0.2) is 91.0 Å². The second-order valence-corrected chi connectivity index (χ2v) is 6.64. The van der Waals surface area contributed by atoms with Gasteiger partial charge in [0.1, 0.15) is 5.60 Å². The van der Waals surface area contributed by atoms with Crippen molar-refractivity contribution in [3.8, 4) is 0 Å². The lowest BCUT2D eigenvalue weighted by molar-refractivity contribution is -0.124. The first-order chi connectivity index (χ1) is 13.0. The number of carbonyl (C=O) groups is 1. The second kappa shape index (κ2) is 8.16. The Kier molecular flexibility index (Phi) is 5.69. The summed E-state index contributed by atoms with van der Waals surface area (Å²) in [5.41, 5.74) is 6.50. The van der Waals surface area contributed by atoms with Crippen LogP contribution in [0.2, 0.25) is 0 Å². The van der Waals surface area contributed by atoms with Crippen molar-refractivity contribution in [2.45, 2.75) is 24.6 Å². The molecule has 0 fully saturated rings. The first-order valence-corrected chi connectivity index (χ1v) is 8.98. The molecule has 0 radical (unpaired) electrons. The summed E-state index contributed by atoms with van der Waals surface area (Å²) < 4.78 is 0. The minimum absolute atomic E-state index is 0.325. The number of benzene rings is 3. The van der Waals surface area contributed by atoms with Crippen LogP contribution in [-0.4, -0.2) is 17.1 Å². The van der Waals surface area contributed by atoms with Crippen LogP contribution < -0.4 is 11.1 Å². The Morgan fingerprint density at radius 2 is 1.26 bits per heavy atom. The molecule has 0 aliphatic heterocycles. The number of hydrogen-bond donors (Lipinski definition) is 3. The number of rotatable bonds is 6. The molecule has 0 aromatic heterocycles. The Morgan fingerprint density at radius 3 is 1.67 bits per heavy atom. The third kappa shape index (κ3) is 3.92. The Morgan fingerprint density at radius 1 is 0.852 bits per heavy atom. The van der Waals surface area contributed by atoms with Gasteiger partial charge in [-0.1, -0.05) is 91.0 Å². The lowest BCUT2D eigenvalue weighted by Crippen LogP contribution is -2.49. The Balaban J connectivity index is 2.21. The average Bonchev–Trinajstić information content (AvgIpc) is 2.73. The minimum Gasteiger partial charge on any atom is -0.378 e. The van der Waals surface area contributed by atoms with Gasteiger partial charge in [-0.25, -0.2) is 0 Å². The van der Waals surface area contributed by atoms with Crippen LogP contribution in [-0.2, 0) is 10.4 Å². The van der Waals surface area contributed by atoms with E-state index in [1.165, 1.54) is 0 Å². The summed E-state index contributed by atoms with van der Waals surface area (Å²) in [7, 11) is 0. The fraction of sp³-hybridized carbons (Fsp3) is 0.174. The van der Waals surface area contributed by atoms with Crippen LogP contribution in [0, 0.1) is 0 Å². The molecule has 0 unspecified atom stereocenters. The number of hydrogen-bond acceptors (Lipinski definition) is 3. The van der Waals surface area contributed by atoms with E-state index in [4.69, 9.17) is 5.73 Å². The summed E-state index contributed by atoms with van der Waals surface area (Å²) in [6, 6.07) is 26.8. The van der Waals surface area contributed by atoms with Gasteiger partial charge in [-0.15, -0.1) is 0 Å². The van der Waals surface area contributed by atoms with Gasteiger partial charge in [-0.05, 0) is 23.6 Å². The highest BCUT2D eigenvalue weighted by Gasteiger charge is 2.42. The van der Waals surface area contributed by atoms with Crippen molar-refractivity contribution in [2.24, 2.45) is 5.73 Å². The molecule has 0 saturated heterocycles. The molecule has 0 aliphatic rings. The zero-order chi connectivity index (χ0) is 19.3. The molecule has 0 aliphatic carbocycles. The highest BCUT2D eigenvalue weighted by molar-refractivity contribution is 5.81. The van der Waals surface area contributed by atoms with Crippen LogP contribution >= 0.6 is 0 Å². The molecule has 0 bridgehead atoms. The number of amides is 1. The minimum atomic E-state index is -1.46. The van der Waals surface area contributed by atoms with Gasteiger partial charge in [0.05, 0.1) is 12.1 Å². The maximum Gasteiger partial charge on any atom is 0.237 e. The first kappa shape index (κ1) is 18.8. The van der Waals surface area contributed by atoms with Gasteiger partial charge < -0.3 is 16.2 Å². The average molecular weight is 360 g/mol. The highest BCUT2D eigenvalue weighted by Crippen LogP contribution is 2.41. The molecule has 3 rings (SSSR count). The van der Waals surface area contributed by atoms with E-state index in [0.29, 0.717) is 11.1 Å². The Bertz CT molecular complexity index is 825. The van der Waals surface area contributed by atoms with Crippen molar-refractivity contribution in [3.63, 3.8) is 0 Å². The van der Waals surface area contributed by atoms with Crippen LogP contribution in [0.1, 0.15) is 29.7 Å².